The van der Waals surface area contributed by atoms with Gasteiger partial charge < -0.3 is 9.16 Å². The average Bonchev–Trinajstić information content (AvgIpc) is 2.30. The summed E-state index contributed by atoms with van der Waals surface area (Å²) in [6.45, 7) is 13.8. The van der Waals surface area contributed by atoms with Crippen LogP contribution >= 0.6 is 0 Å². The predicted molar refractivity (Wildman–Crippen MR) is 85.3 cm³/mol. The molecule has 1 aliphatic carbocycles. The van der Waals surface area contributed by atoms with E-state index in [0.29, 0.717) is 25.0 Å². The molecule has 0 saturated heterocycles. The van der Waals surface area contributed by atoms with E-state index in [1.807, 2.05) is 6.92 Å². The van der Waals surface area contributed by atoms with E-state index < -0.39 is 8.32 Å². The molecular formula is C16H32O3Si. The zero-order chi connectivity index (χ0) is 15.4. The summed E-state index contributed by atoms with van der Waals surface area (Å²) >= 11 is 0. The highest BCUT2D eigenvalue weighted by Crippen LogP contribution is 2.40. The fourth-order valence-electron chi connectivity index (χ4n) is 2.50. The lowest BCUT2D eigenvalue weighted by atomic mass is 9.85. The summed E-state index contributed by atoms with van der Waals surface area (Å²) in [6.07, 6.45) is 5.36. The van der Waals surface area contributed by atoms with E-state index >= 15 is 0 Å². The molecule has 0 unspecified atom stereocenters. The minimum atomic E-state index is -1.65. The van der Waals surface area contributed by atoms with Crippen molar-refractivity contribution in [3.05, 3.63) is 0 Å². The Morgan fingerprint density at radius 3 is 2.15 bits per heavy atom. The van der Waals surface area contributed by atoms with Crippen molar-refractivity contribution in [2.75, 3.05) is 6.61 Å². The Morgan fingerprint density at radius 2 is 1.70 bits per heavy atom. The maximum Gasteiger partial charge on any atom is 0.306 e. The van der Waals surface area contributed by atoms with Crippen LogP contribution in [0.15, 0.2) is 0 Å². The number of hydrogen-bond acceptors (Lipinski definition) is 3. The third-order valence-corrected chi connectivity index (χ3v) is 9.36. The third kappa shape index (κ3) is 5.21. The van der Waals surface area contributed by atoms with Crippen LogP contribution in [0.2, 0.25) is 18.1 Å². The largest absolute Gasteiger partial charge is 0.466 e. The van der Waals surface area contributed by atoms with Crippen molar-refractivity contribution < 1.29 is 14.0 Å². The Balaban J connectivity index is 2.38. The number of carbonyl (C=O) groups excluding carboxylic acids is 1. The van der Waals surface area contributed by atoms with Crippen LogP contribution in [0.3, 0.4) is 0 Å². The maximum atomic E-state index is 11.5. The van der Waals surface area contributed by atoms with Crippen molar-refractivity contribution in [3.8, 4) is 0 Å². The Labute approximate surface area is 125 Å². The van der Waals surface area contributed by atoms with E-state index in [1.165, 1.54) is 0 Å². The van der Waals surface area contributed by atoms with Gasteiger partial charge in [0, 0.05) is 12.5 Å². The Bertz CT molecular complexity index is 312. The van der Waals surface area contributed by atoms with Crippen LogP contribution in [0.5, 0.6) is 0 Å². The fourth-order valence-corrected chi connectivity index (χ4v) is 3.93. The number of rotatable bonds is 5. The summed E-state index contributed by atoms with van der Waals surface area (Å²) in [7, 11) is -1.65. The lowest BCUT2D eigenvalue weighted by molar-refractivity contribution is -0.144. The first-order chi connectivity index (χ1) is 9.15. The van der Waals surface area contributed by atoms with Gasteiger partial charge in [-0.15, -0.1) is 0 Å². The predicted octanol–water partition coefficient (Wildman–Crippen LogP) is 4.52. The van der Waals surface area contributed by atoms with Crippen LogP contribution < -0.4 is 0 Å². The van der Waals surface area contributed by atoms with Crippen molar-refractivity contribution in [3.63, 3.8) is 0 Å². The minimum Gasteiger partial charge on any atom is -0.466 e. The molecule has 0 aliphatic heterocycles. The van der Waals surface area contributed by atoms with Gasteiger partial charge in [-0.25, -0.2) is 0 Å². The molecule has 0 amide bonds. The Morgan fingerprint density at radius 1 is 1.15 bits per heavy atom. The first-order valence-corrected chi connectivity index (χ1v) is 10.9. The van der Waals surface area contributed by atoms with Crippen LogP contribution in [0.1, 0.15) is 59.8 Å². The normalized spacial score (nSPS) is 24.5. The van der Waals surface area contributed by atoms with E-state index in [4.69, 9.17) is 9.16 Å². The first kappa shape index (κ1) is 17.7. The standard InChI is InChI=1S/C16H32O3Si/c1-7-18-15(17)12-13-8-10-14(11-9-13)19-20(5,6)16(2,3)4/h13-14H,7-12H2,1-6H3. The topological polar surface area (TPSA) is 35.5 Å². The number of ether oxygens (including phenoxy) is 1. The van der Waals surface area contributed by atoms with Gasteiger partial charge in [-0.05, 0) is 56.7 Å². The van der Waals surface area contributed by atoms with Crippen molar-refractivity contribution in [2.24, 2.45) is 5.92 Å². The molecule has 0 aromatic rings. The average molecular weight is 301 g/mol. The fraction of sp³-hybridized carbons (Fsp3) is 0.938. The first-order valence-electron chi connectivity index (χ1n) is 7.99. The van der Waals surface area contributed by atoms with Gasteiger partial charge in [-0.2, -0.15) is 0 Å². The summed E-state index contributed by atoms with van der Waals surface area (Å²) < 4.78 is 11.5. The molecule has 0 aromatic heterocycles. The second-order valence-electron chi connectivity index (χ2n) is 7.53. The molecule has 0 heterocycles. The van der Waals surface area contributed by atoms with Crippen molar-refractivity contribution in [1.29, 1.82) is 0 Å². The van der Waals surface area contributed by atoms with Gasteiger partial charge in [0.1, 0.15) is 0 Å². The summed E-state index contributed by atoms with van der Waals surface area (Å²) in [5, 5.41) is 0.273. The van der Waals surface area contributed by atoms with Crippen LogP contribution in [0, 0.1) is 5.92 Å². The van der Waals surface area contributed by atoms with E-state index in [9.17, 15) is 4.79 Å². The number of hydrogen-bond donors (Lipinski definition) is 0. The molecule has 0 spiro atoms. The molecule has 0 aromatic carbocycles. The van der Waals surface area contributed by atoms with E-state index in [1.54, 1.807) is 0 Å². The quantitative estimate of drug-likeness (QED) is 0.553. The SMILES string of the molecule is CCOC(=O)CC1CCC(O[Si](C)(C)C(C)(C)C)CC1. The Kier molecular flexibility index (Phi) is 6.26. The molecule has 4 heteroatoms. The second-order valence-corrected chi connectivity index (χ2v) is 12.3. The van der Waals surface area contributed by atoms with Crippen molar-refractivity contribution in [2.45, 2.75) is 84.0 Å². The summed E-state index contributed by atoms with van der Waals surface area (Å²) in [5.74, 6) is 0.453. The highest BCUT2D eigenvalue weighted by Gasteiger charge is 2.39. The Hall–Kier alpha value is -0.353. The molecule has 1 rings (SSSR count). The molecule has 1 fully saturated rings. The molecule has 0 bridgehead atoms. The minimum absolute atomic E-state index is 0.0405. The lowest BCUT2D eigenvalue weighted by Crippen LogP contribution is -2.44. The molecule has 0 radical (unpaired) electrons. The third-order valence-electron chi connectivity index (χ3n) is 4.82. The van der Waals surface area contributed by atoms with Crippen LogP contribution in [0.4, 0.5) is 0 Å². The molecule has 0 N–H and O–H groups in total. The monoisotopic (exact) mass is 300 g/mol. The molecule has 20 heavy (non-hydrogen) atoms. The van der Waals surface area contributed by atoms with Crippen LogP contribution in [-0.2, 0) is 14.0 Å². The highest BCUT2D eigenvalue weighted by molar-refractivity contribution is 6.74. The molecular weight excluding hydrogens is 268 g/mol. The summed E-state index contributed by atoms with van der Waals surface area (Å²) in [6, 6.07) is 0. The molecule has 118 valence electrons. The highest BCUT2D eigenvalue weighted by atomic mass is 28.4. The van der Waals surface area contributed by atoms with Gasteiger partial charge in [0.2, 0.25) is 0 Å². The van der Waals surface area contributed by atoms with Gasteiger partial charge in [0.05, 0.1) is 6.61 Å². The molecule has 3 nitrogen and oxygen atoms in total. The summed E-state index contributed by atoms with van der Waals surface area (Å²) in [5.41, 5.74) is 0. The van der Waals surface area contributed by atoms with Crippen LogP contribution in [-0.4, -0.2) is 27.0 Å². The number of carbonyl (C=O) groups is 1. The molecule has 0 atom stereocenters. The maximum absolute atomic E-state index is 11.5. The zero-order valence-electron chi connectivity index (χ0n) is 14.1. The molecule has 1 saturated carbocycles. The van der Waals surface area contributed by atoms with Gasteiger partial charge in [-0.3, -0.25) is 4.79 Å². The number of esters is 1. The second kappa shape index (κ2) is 7.08. The van der Waals surface area contributed by atoms with Gasteiger partial charge in [0.25, 0.3) is 0 Å². The zero-order valence-corrected chi connectivity index (χ0v) is 15.1. The van der Waals surface area contributed by atoms with E-state index in [2.05, 4.69) is 33.9 Å². The smallest absolute Gasteiger partial charge is 0.306 e. The lowest BCUT2D eigenvalue weighted by Gasteiger charge is -2.41. The molecule has 1 aliphatic rings. The van der Waals surface area contributed by atoms with Crippen LogP contribution in [0.25, 0.3) is 0 Å². The van der Waals surface area contributed by atoms with E-state index in [-0.39, 0.29) is 11.0 Å². The van der Waals surface area contributed by atoms with Gasteiger partial charge in [-0.1, -0.05) is 20.8 Å². The van der Waals surface area contributed by atoms with Gasteiger partial charge >= 0.3 is 5.97 Å². The van der Waals surface area contributed by atoms with Gasteiger partial charge in [0.15, 0.2) is 8.32 Å². The van der Waals surface area contributed by atoms with Crippen molar-refractivity contribution in [1.82, 2.24) is 0 Å². The summed E-state index contributed by atoms with van der Waals surface area (Å²) in [4.78, 5) is 11.5. The van der Waals surface area contributed by atoms with E-state index in [0.717, 1.165) is 25.7 Å². The van der Waals surface area contributed by atoms with Crippen molar-refractivity contribution >= 4 is 14.3 Å².